The van der Waals surface area contributed by atoms with Crippen molar-refractivity contribution in [1.29, 1.82) is 0 Å². The van der Waals surface area contributed by atoms with Crippen LogP contribution in [0, 0.1) is 5.82 Å². The lowest BCUT2D eigenvalue weighted by molar-refractivity contribution is -0.115. The third-order valence-corrected chi connectivity index (χ3v) is 5.04. The molecule has 9 heteroatoms. The lowest BCUT2D eigenvalue weighted by atomic mass is 10.1. The molecule has 1 heterocycles. The van der Waals surface area contributed by atoms with Crippen LogP contribution in [0.2, 0.25) is 0 Å². The van der Waals surface area contributed by atoms with Crippen LogP contribution in [0.25, 0.3) is 11.4 Å². The Morgan fingerprint density at radius 1 is 1.14 bits per heavy atom. The molecule has 0 aliphatic carbocycles. The highest BCUT2D eigenvalue weighted by molar-refractivity contribution is 8.00. The summed E-state index contributed by atoms with van der Waals surface area (Å²) in [4.78, 5) is 24.2. The molecule has 1 aromatic heterocycles. The summed E-state index contributed by atoms with van der Waals surface area (Å²) in [6, 6.07) is 12.5. The van der Waals surface area contributed by atoms with Crippen LogP contribution in [-0.4, -0.2) is 31.8 Å². The van der Waals surface area contributed by atoms with Crippen LogP contribution in [0.5, 0.6) is 0 Å². The molecule has 0 bridgehead atoms. The molecule has 3 rings (SSSR count). The number of carbonyl (C=O) groups is 2. The Morgan fingerprint density at radius 3 is 2.50 bits per heavy atom. The number of ketones is 1. The summed E-state index contributed by atoms with van der Waals surface area (Å²) in [5.74, 6) is 5.60. The topological polar surface area (TPSA) is 103 Å². The lowest BCUT2D eigenvalue weighted by Gasteiger charge is -2.13. The van der Waals surface area contributed by atoms with Gasteiger partial charge in [-0.15, -0.1) is 10.2 Å². The Balaban J connectivity index is 1.73. The molecule has 0 aliphatic rings. The first-order valence-corrected chi connectivity index (χ1v) is 9.28. The molecule has 3 aromatic rings. The molecule has 0 unspecified atom stereocenters. The predicted molar refractivity (Wildman–Crippen MR) is 106 cm³/mol. The van der Waals surface area contributed by atoms with Gasteiger partial charge in [0, 0.05) is 11.1 Å². The van der Waals surface area contributed by atoms with Crippen molar-refractivity contribution in [3.05, 3.63) is 59.9 Å². The monoisotopic (exact) mass is 399 g/mol. The van der Waals surface area contributed by atoms with Gasteiger partial charge in [0.2, 0.25) is 11.1 Å². The van der Waals surface area contributed by atoms with Gasteiger partial charge < -0.3 is 11.2 Å². The molecule has 1 amide bonds. The van der Waals surface area contributed by atoms with Crippen molar-refractivity contribution in [2.75, 3.05) is 11.2 Å². The number of hydrogen-bond donors (Lipinski definition) is 2. The second-order valence-corrected chi connectivity index (χ2v) is 7.34. The third-order valence-electron chi connectivity index (χ3n) is 3.98. The summed E-state index contributed by atoms with van der Waals surface area (Å²) in [6.07, 6.45) is 0. The molecule has 3 N–H and O–H groups in total. The summed E-state index contributed by atoms with van der Waals surface area (Å²) in [5.41, 5.74) is 1.50. The van der Waals surface area contributed by atoms with Crippen molar-refractivity contribution < 1.29 is 14.0 Å². The average Bonchev–Trinajstić information content (AvgIpc) is 3.03. The van der Waals surface area contributed by atoms with E-state index < -0.39 is 5.25 Å². The van der Waals surface area contributed by atoms with Gasteiger partial charge in [0.15, 0.2) is 11.6 Å². The maximum absolute atomic E-state index is 13.1. The number of nitrogens with one attached hydrogen (secondary N) is 1. The summed E-state index contributed by atoms with van der Waals surface area (Å²) in [5, 5.41) is 10.6. The molecule has 28 heavy (non-hydrogen) atoms. The average molecular weight is 399 g/mol. The minimum Gasteiger partial charge on any atom is -0.335 e. The molecule has 0 fully saturated rings. The fraction of sp³-hybridized carbons (Fsp3) is 0.158. The van der Waals surface area contributed by atoms with Crippen molar-refractivity contribution in [3.8, 4) is 11.4 Å². The Morgan fingerprint density at radius 2 is 1.82 bits per heavy atom. The van der Waals surface area contributed by atoms with E-state index in [1.54, 1.807) is 43.3 Å². The molecule has 1 atom stereocenters. The van der Waals surface area contributed by atoms with E-state index in [4.69, 9.17) is 5.84 Å². The fourth-order valence-corrected chi connectivity index (χ4v) is 3.27. The van der Waals surface area contributed by atoms with Crippen LogP contribution in [-0.2, 0) is 4.79 Å². The molecule has 0 radical (unpaired) electrons. The lowest BCUT2D eigenvalue weighted by Crippen LogP contribution is -2.24. The van der Waals surface area contributed by atoms with Crippen LogP contribution in [0.3, 0.4) is 0 Å². The van der Waals surface area contributed by atoms with Crippen LogP contribution in [0.1, 0.15) is 24.2 Å². The second-order valence-electron chi connectivity index (χ2n) is 6.03. The van der Waals surface area contributed by atoms with E-state index in [1.165, 1.54) is 23.7 Å². The molecule has 0 aliphatic heterocycles. The van der Waals surface area contributed by atoms with Gasteiger partial charge in [-0.2, -0.15) is 0 Å². The van der Waals surface area contributed by atoms with Crippen molar-refractivity contribution in [3.63, 3.8) is 0 Å². The molecule has 0 saturated carbocycles. The molecule has 2 aromatic carbocycles. The van der Waals surface area contributed by atoms with E-state index in [1.807, 2.05) is 0 Å². The highest BCUT2D eigenvalue weighted by Gasteiger charge is 2.21. The minimum absolute atomic E-state index is 0.137. The van der Waals surface area contributed by atoms with Gasteiger partial charge in [-0.1, -0.05) is 23.9 Å². The highest BCUT2D eigenvalue weighted by atomic mass is 32.2. The number of Topliss-reactive ketones (excluding diaryl/α,β-unsaturated/α-hetero) is 1. The van der Waals surface area contributed by atoms with Gasteiger partial charge >= 0.3 is 0 Å². The van der Waals surface area contributed by atoms with E-state index in [2.05, 4.69) is 15.5 Å². The standard InChI is InChI=1S/C19H18FN5O2S/c1-11(26)15-5-3-4-6-16(15)22-18(27)12(2)28-19-24-23-17(25(19)21)13-7-9-14(20)10-8-13/h3-10,12H,21H2,1-2H3,(H,22,27)/t12-/m1/s1. The maximum atomic E-state index is 13.1. The number of benzene rings is 2. The van der Waals surface area contributed by atoms with Gasteiger partial charge in [-0.3, -0.25) is 9.59 Å². The smallest absolute Gasteiger partial charge is 0.237 e. The highest BCUT2D eigenvalue weighted by Crippen LogP contribution is 2.26. The van der Waals surface area contributed by atoms with Crippen LogP contribution in [0.15, 0.2) is 53.7 Å². The van der Waals surface area contributed by atoms with E-state index in [0.717, 1.165) is 11.8 Å². The first kappa shape index (κ1) is 19.6. The minimum atomic E-state index is -0.549. The number of hydrogen-bond acceptors (Lipinski definition) is 6. The quantitative estimate of drug-likeness (QED) is 0.375. The molecule has 7 nitrogen and oxygen atoms in total. The van der Waals surface area contributed by atoms with E-state index in [0.29, 0.717) is 27.8 Å². The first-order valence-electron chi connectivity index (χ1n) is 8.40. The number of aromatic nitrogens is 3. The van der Waals surface area contributed by atoms with E-state index >= 15 is 0 Å². The number of nitrogens with two attached hydrogens (primary N) is 1. The van der Waals surface area contributed by atoms with Crippen molar-refractivity contribution in [2.45, 2.75) is 24.3 Å². The van der Waals surface area contributed by atoms with Gasteiger partial charge in [0.1, 0.15) is 5.82 Å². The van der Waals surface area contributed by atoms with Gasteiger partial charge in [-0.05, 0) is 50.2 Å². The Labute approximate surface area is 165 Å². The van der Waals surface area contributed by atoms with Crippen LogP contribution in [0.4, 0.5) is 10.1 Å². The number of anilines is 1. The number of para-hydroxylation sites is 1. The van der Waals surface area contributed by atoms with E-state index in [-0.39, 0.29) is 17.5 Å². The summed E-state index contributed by atoms with van der Waals surface area (Å²) >= 11 is 1.12. The number of amides is 1. The van der Waals surface area contributed by atoms with Gasteiger partial charge in [-0.25, -0.2) is 9.07 Å². The van der Waals surface area contributed by atoms with E-state index in [9.17, 15) is 14.0 Å². The molecular formula is C19H18FN5O2S. The largest absolute Gasteiger partial charge is 0.335 e. The Bertz CT molecular complexity index is 1020. The summed E-state index contributed by atoms with van der Waals surface area (Å²) in [7, 11) is 0. The third kappa shape index (κ3) is 4.20. The molecule has 0 saturated heterocycles. The number of carbonyl (C=O) groups excluding carboxylic acids is 2. The van der Waals surface area contributed by atoms with Crippen molar-refractivity contribution >= 4 is 29.1 Å². The number of halogens is 1. The Kier molecular flexibility index (Phi) is 5.74. The molecule has 144 valence electrons. The molecule has 0 spiro atoms. The fourth-order valence-electron chi connectivity index (χ4n) is 2.50. The zero-order chi connectivity index (χ0) is 20.3. The van der Waals surface area contributed by atoms with Crippen molar-refractivity contribution in [2.24, 2.45) is 0 Å². The molecular weight excluding hydrogens is 381 g/mol. The zero-order valence-electron chi connectivity index (χ0n) is 15.2. The van der Waals surface area contributed by atoms with Gasteiger partial charge in [0.25, 0.3) is 0 Å². The van der Waals surface area contributed by atoms with Crippen molar-refractivity contribution in [1.82, 2.24) is 14.9 Å². The summed E-state index contributed by atoms with van der Waals surface area (Å²) < 4.78 is 14.3. The normalized spacial score (nSPS) is 11.8. The number of thioether (sulfide) groups is 1. The predicted octanol–water partition coefficient (Wildman–Crippen LogP) is 3.12. The number of nitrogens with zero attached hydrogens (tertiary/aromatic N) is 3. The summed E-state index contributed by atoms with van der Waals surface area (Å²) in [6.45, 7) is 3.14. The van der Waals surface area contributed by atoms with Gasteiger partial charge in [0.05, 0.1) is 10.9 Å². The Hall–Kier alpha value is -3.20. The number of rotatable bonds is 6. The van der Waals surface area contributed by atoms with Crippen LogP contribution < -0.4 is 11.2 Å². The maximum Gasteiger partial charge on any atom is 0.237 e. The number of nitrogen functional groups attached to an aromatic ring is 1. The SMILES string of the molecule is CC(=O)c1ccccc1NC(=O)[C@@H](C)Sc1nnc(-c2ccc(F)cc2)n1N. The zero-order valence-corrected chi connectivity index (χ0v) is 16.0. The second kappa shape index (κ2) is 8.22. The van der Waals surface area contributed by atoms with Crippen LogP contribution >= 0.6 is 11.8 Å². The first-order chi connectivity index (χ1) is 13.4.